The number of amides is 2. The van der Waals surface area contributed by atoms with Crippen LogP contribution < -0.4 is 5.32 Å². The van der Waals surface area contributed by atoms with Gasteiger partial charge in [0.05, 0.1) is 40.4 Å². The number of nitrogens with one attached hydrogen (secondary N) is 1. The molecule has 0 aliphatic carbocycles. The molecule has 38 heavy (non-hydrogen) atoms. The van der Waals surface area contributed by atoms with E-state index in [-0.39, 0.29) is 12.1 Å². The van der Waals surface area contributed by atoms with Gasteiger partial charge in [-0.25, -0.2) is 9.48 Å². The number of para-hydroxylation sites is 1. The van der Waals surface area contributed by atoms with Gasteiger partial charge in [0.1, 0.15) is 5.82 Å². The number of benzene rings is 3. The molecule has 190 valence electrons. The van der Waals surface area contributed by atoms with E-state index in [1.165, 1.54) is 0 Å². The second-order valence-electron chi connectivity index (χ2n) is 9.51. The van der Waals surface area contributed by atoms with Crippen LogP contribution in [0, 0.1) is 6.92 Å². The van der Waals surface area contributed by atoms with Crippen LogP contribution in [-0.2, 0) is 13.0 Å². The van der Waals surface area contributed by atoms with Crippen molar-refractivity contribution < 1.29 is 4.79 Å². The van der Waals surface area contributed by atoms with Gasteiger partial charge >= 0.3 is 6.03 Å². The summed E-state index contributed by atoms with van der Waals surface area (Å²) in [6, 6.07) is 29.5. The van der Waals surface area contributed by atoms with Crippen LogP contribution in [0.25, 0.3) is 11.5 Å². The van der Waals surface area contributed by atoms with E-state index in [2.05, 4.69) is 53.3 Å². The monoisotopic (exact) mass is 521 g/mol. The Morgan fingerprint density at radius 3 is 2.45 bits per heavy atom. The average Bonchev–Trinajstić information content (AvgIpc) is 3.52. The van der Waals surface area contributed by atoms with E-state index in [0.717, 1.165) is 46.0 Å². The van der Waals surface area contributed by atoms with Gasteiger partial charge in [0.2, 0.25) is 0 Å². The number of rotatable bonds is 4. The number of aryl methyl sites for hydroxylation is 2. The molecule has 2 amide bonds. The summed E-state index contributed by atoms with van der Waals surface area (Å²) in [7, 11) is 0. The molecule has 0 fully saturated rings. The molecule has 1 aliphatic heterocycles. The summed E-state index contributed by atoms with van der Waals surface area (Å²) in [6.07, 6.45) is 2.80. The fourth-order valence-electron chi connectivity index (χ4n) is 5.24. The molecular weight excluding hydrogens is 494 g/mol. The van der Waals surface area contributed by atoms with Crippen molar-refractivity contribution in [3.05, 3.63) is 130 Å². The molecular formula is C31H28ClN5O. The Kier molecular flexibility index (Phi) is 6.26. The lowest BCUT2D eigenvalue weighted by Crippen LogP contribution is -2.38. The highest BCUT2D eigenvalue weighted by Crippen LogP contribution is 2.39. The number of hydrogen-bond donors (Lipinski definition) is 1. The molecule has 1 aliphatic rings. The molecule has 7 heteroatoms. The third-order valence-electron chi connectivity index (χ3n) is 7.05. The predicted molar refractivity (Wildman–Crippen MR) is 151 cm³/mol. The van der Waals surface area contributed by atoms with Crippen molar-refractivity contribution in [3.8, 4) is 11.5 Å². The SMILES string of the molecule is CCc1nn(-c2ccccc2)c2c1CN(C(=O)Nc1ccc(C)cc1Cl)[C@@H](c1ccccc1)c1cccn1-2. The first-order valence-electron chi connectivity index (χ1n) is 12.8. The highest BCUT2D eigenvalue weighted by atomic mass is 35.5. The highest BCUT2D eigenvalue weighted by molar-refractivity contribution is 6.33. The number of carbonyl (C=O) groups excluding carboxylic acids is 1. The van der Waals surface area contributed by atoms with Gasteiger partial charge in [-0.15, -0.1) is 0 Å². The van der Waals surface area contributed by atoms with Crippen LogP contribution in [0.4, 0.5) is 10.5 Å². The number of fused-ring (bicyclic) bond motifs is 3. The Labute approximate surface area is 227 Å². The molecule has 6 rings (SSSR count). The van der Waals surface area contributed by atoms with Gasteiger partial charge in [0.25, 0.3) is 0 Å². The van der Waals surface area contributed by atoms with Crippen molar-refractivity contribution in [2.45, 2.75) is 32.9 Å². The average molecular weight is 522 g/mol. The van der Waals surface area contributed by atoms with Crippen molar-refractivity contribution in [1.82, 2.24) is 19.2 Å². The van der Waals surface area contributed by atoms with E-state index in [1.54, 1.807) is 0 Å². The van der Waals surface area contributed by atoms with Crippen LogP contribution in [0.1, 0.15) is 41.0 Å². The molecule has 0 radical (unpaired) electrons. The number of carbonyl (C=O) groups is 1. The molecule has 3 aromatic carbocycles. The number of hydrogen-bond acceptors (Lipinski definition) is 2. The van der Waals surface area contributed by atoms with Gasteiger partial charge in [-0.05, 0) is 60.9 Å². The predicted octanol–water partition coefficient (Wildman–Crippen LogP) is 7.32. The molecule has 3 heterocycles. The van der Waals surface area contributed by atoms with Crippen LogP contribution in [-0.4, -0.2) is 25.3 Å². The first-order chi connectivity index (χ1) is 18.5. The van der Waals surface area contributed by atoms with E-state index < -0.39 is 0 Å². The van der Waals surface area contributed by atoms with E-state index in [1.807, 2.05) is 77.2 Å². The minimum atomic E-state index is -0.322. The summed E-state index contributed by atoms with van der Waals surface area (Å²) in [5.41, 5.74) is 6.60. The fourth-order valence-corrected chi connectivity index (χ4v) is 5.53. The molecule has 0 bridgehead atoms. The topological polar surface area (TPSA) is 55.1 Å². The molecule has 0 saturated carbocycles. The van der Waals surface area contributed by atoms with Gasteiger partial charge in [0.15, 0.2) is 0 Å². The third-order valence-corrected chi connectivity index (χ3v) is 7.36. The summed E-state index contributed by atoms with van der Waals surface area (Å²) >= 11 is 6.51. The van der Waals surface area contributed by atoms with Crippen molar-refractivity contribution in [2.75, 3.05) is 5.32 Å². The molecule has 6 nitrogen and oxygen atoms in total. The third kappa shape index (κ3) is 4.17. The molecule has 1 atom stereocenters. The Morgan fingerprint density at radius 1 is 1.00 bits per heavy atom. The van der Waals surface area contributed by atoms with Crippen molar-refractivity contribution in [3.63, 3.8) is 0 Å². The molecule has 2 aromatic heterocycles. The van der Waals surface area contributed by atoms with Crippen molar-refractivity contribution in [2.24, 2.45) is 0 Å². The van der Waals surface area contributed by atoms with Gasteiger partial charge in [-0.2, -0.15) is 5.10 Å². The second kappa shape index (κ2) is 9.88. The van der Waals surface area contributed by atoms with Crippen LogP contribution in [0.15, 0.2) is 97.2 Å². The van der Waals surface area contributed by atoms with Gasteiger partial charge in [0, 0.05) is 11.8 Å². The first kappa shape index (κ1) is 24.1. The zero-order valence-electron chi connectivity index (χ0n) is 21.3. The maximum absolute atomic E-state index is 14.1. The Bertz CT molecular complexity index is 1610. The highest BCUT2D eigenvalue weighted by Gasteiger charge is 2.36. The fraction of sp³-hybridized carbons (Fsp3) is 0.161. The summed E-state index contributed by atoms with van der Waals surface area (Å²) in [4.78, 5) is 16.0. The zero-order chi connectivity index (χ0) is 26.2. The van der Waals surface area contributed by atoms with Crippen molar-refractivity contribution in [1.29, 1.82) is 0 Å². The van der Waals surface area contributed by atoms with Gasteiger partial charge in [-0.1, -0.05) is 73.1 Å². The van der Waals surface area contributed by atoms with Crippen LogP contribution in [0.3, 0.4) is 0 Å². The molecule has 1 N–H and O–H groups in total. The Balaban J connectivity index is 1.54. The summed E-state index contributed by atoms with van der Waals surface area (Å²) < 4.78 is 4.18. The second-order valence-corrected chi connectivity index (χ2v) is 9.91. The normalized spacial score (nSPS) is 14.5. The van der Waals surface area contributed by atoms with E-state index in [0.29, 0.717) is 17.3 Å². The number of nitrogens with zero attached hydrogens (tertiary/aromatic N) is 4. The van der Waals surface area contributed by atoms with E-state index in [9.17, 15) is 4.79 Å². The lowest BCUT2D eigenvalue weighted by atomic mass is 10.0. The van der Waals surface area contributed by atoms with Crippen LogP contribution >= 0.6 is 11.6 Å². The minimum Gasteiger partial charge on any atom is -0.307 e. The number of anilines is 1. The van der Waals surface area contributed by atoms with Gasteiger partial charge in [-0.3, -0.25) is 0 Å². The Morgan fingerprint density at radius 2 is 1.74 bits per heavy atom. The quantitative estimate of drug-likeness (QED) is 0.269. The maximum atomic E-state index is 14.1. The number of halogens is 1. The lowest BCUT2D eigenvalue weighted by Gasteiger charge is -2.31. The minimum absolute atomic E-state index is 0.222. The number of urea groups is 1. The molecule has 0 saturated heterocycles. The molecule has 5 aromatic rings. The number of aromatic nitrogens is 3. The first-order valence-corrected chi connectivity index (χ1v) is 13.2. The lowest BCUT2D eigenvalue weighted by molar-refractivity contribution is 0.194. The zero-order valence-corrected chi connectivity index (χ0v) is 22.1. The largest absolute Gasteiger partial charge is 0.323 e. The standard InChI is InChI=1S/C31H28ClN5O/c1-3-26-24-20-36(31(38)33-27-17-16-21(2)19-25(27)32)29(22-11-6-4-7-12-22)28-15-10-18-35(28)30(24)37(34-26)23-13-8-5-9-14-23/h4-19,29H,3,20H2,1-2H3,(H,33,38)/t29-/m0/s1. The molecule has 0 unspecified atom stereocenters. The van der Waals surface area contributed by atoms with E-state index >= 15 is 0 Å². The molecule has 0 spiro atoms. The summed E-state index contributed by atoms with van der Waals surface area (Å²) in [5.74, 6) is 0.956. The van der Waals surface area contributed by atoms with E-state index in [4.69, 9.17) is 16.7 Å². The smallest absolute Gasteiger partial charge is 0.307 e. The van der Waals surface area contributed by atoms with Crippen molar-refractivity contribution >= 4 is 23.3 Å². The summed E-state index contributed by atoms with van der Waals surface area (Å²) in [6.45, 7) is 4.47. The van der Waals surface area contributed by atoms with Gasteiger partial charge < -0.3 is 14.8 Å². The van der Waals surface area contributed by atoms with Crippen LogP contribution in [0.2, 0.25) is 5.02 Å². The Hall–Kier alpha value is -4.29. The van der Waals surface area contributed by atoms with Crippen LogP contribution in [0.5, 0.6) is 0 Å². The summed E-state index contributed by atoms with van der Waals surface area (Å²) in [5, 5.41) is 8.61. The maximum Gasteiger partial charge on any atom is 0.323 e.